The van der Waals surface area contributed by atoms with E-state index in [4.69, 9.17) is 10.5 Å². The number of aromatic nitrogens is 1. The molecule has 1 aromatic heterocycles. The average molecular weight is 349 g/mol. The number of piperidine rings is 1. The number of rotatable bonds is 4. The van der Waals surface area contributed by atoms with Crippen LogP contribution in [0.25, 0.3) is 10.9 Å². The highest BCUT2D eigenvalue weighted by Crippen LogP contribution is 2.29. The van der Waals surface area contributed by atoms with E-state index >= 15 is 0 Å². The molecular weight excluding hydrogens is 326 g/mol. The summed E-state index contributed by atoms with van der Waals surface area (Å²) in [5.41, 5.74) is 7.35. The number of aryl methyl sites for hydroxylation is 1. The molecule has 0 bridgehead atoms. The van der Waals surface area contributed by atoms with Crippen molar-refractivity contribution in [3.8, 4) is 0 Å². The van der Waals surface area contributed by atoms with E-state index in [0.29, 0.717) is 24.9 Å². The number of nitrogens with zero attached hydrogens (tertiary/aromatic N) is 2. The third kappa shape index (κ3) is 3.04. The fourth-order valence-corrected chi connectivity index (χ4v) is 5.14. The van der Waals surface area contributed by atoms with Crippen molar-refractivity contribution in [1.82, 2.24) is 9.29 Å². The molecule has 0 saturated carbocycles. The summed E-state index contributed by atoms with van der Waals surface area (Å²) in [6.45, 7) is 2.62. The van der Waals surface area contributed by atoms with Crippen molar-refractivity contribution >= 4 is 20.9 Å². The van der Waals surface area contributed by atoms with E-state index in [2.05, 4.69) is 4.98 Å². The molecular formula is C17H23N3O3S. The standard InChI is InChI=1S/C17H23N3O3S/c1-12-8-13-4-3-5-16(17(13)19-11-12)24(21,22)20-7-6-15(23-2)9-14(20)10-18/h3-5,8,11,14-15H,6-7,9-10,18H2,1-2H3. The highest BCUT2D eigenvalue weighted by Gasteiger charge is 2.37. The van der Waals surface area contributed by atoms with Crippen LogP contribution in [0.1, 0.15) is 18.4 Å². The van der Waals surface area contributed by atoms with Crippen LogP contribution in [0.2, 0.25) is 0 Å². The first-order valence-corrected chi connectivity index (χ1v) is 9.51. The molecule has 130 valence electrons. The van der Waals surface area contributed by atoms with Crippen LogP contribution in [0.5, 0.6) is 0 Å². The zero-order chi connectivity index (χ0) is 17.3. The Morgan fingerprint density at radius 3 is 2.92 bits per heavy atom. The molecule has 1 aliphatic rings. The Kier molecular flexibility index (Phi) is 4.87. The first kappa shape index (κ1) is 17.3. The topological polar surface area (TPSA) is 85.5 Å². The van der Waals surface area contributed by atoms with Gasteiger partial charge in [-0.15, -0.1) is 0 Å². The maximum absolute atomic E-state index is 13.2. The molecule has 6 nitrogen and oxygen atoms in total. The first-order valence-electron chi connectivity index (χ1n) is 8.07. The number of benzene rings is 1. The molecule has 0 amide bonds. The van der Waals surface area contributed by atoms with Gasteiger partial charge in [-0.1, -0.05) is 12.1 Å². The van der Waals surface area contributed by atoms with Gasteiger partial charge in [-0.05, 0) is 37.5 Å². The fraction of sp³-hybridized carbons (Fsp3) is 0.471. The van der Waals surface area contributed by atoms with E-state index in [9.17, 15) is 8.42 Å². The van der Waals surface area contributed by atoms with Crippen LogP contribution < -0.4 is 5.73 Å². The van der Waals surface area contributed by atoms with Gasteiger partial charge in [0.1, 0.15) is 4.90 Å². The molecule has 0 radical (unpaired) electrons. The normalized spacial score (nSPS) is 22.8. The second-order valence-electron chi connectivity index (χ2n) is 6.23. The molecule has 2 heterocycles. The third-order valence-corrected chi connectivity index (χ3v) is 6.60. The predicted octanol–water partition coefficient (Wildman–Crippen LogP) is 1.67. The fourth-order valence-electron chi connectivity index (χ4n) is 3.31. The molecule has 2 unspecified atom stereocenters. The SMILES string of the molecule is COC1CCN(S(=O)(=O)c2cccc3cc(C)cnc23)C(CN)C1. The number of methoxy groups -OCH3 is 1. The van der Waals surface area contributed by atoms with Crippen LogP contribution in [0.4, 0.5) is 0 Å². The molecule has 1 saturated heterocycles. The van der Waals surface area contributed by atoms with E-state index in [1.54, 1.807) is 25.4 Å². The van der Waals surface area contributed by atoms with Crippen molar-refractivity contribution in [1.29, 1.82) is 0 Å². The number of hydrogen-bond acceptors (Lipinski definition) is 5. The van der Waals surface area contributed by atoms with Gasteiger partial charge in [0.15, 0.2) is 0 Å². The van der Waals surface area contributed by atoms with E-state index in [1.165, 1.54) is 4.31 Å². The minimum atomic E-state index is -3.66. The smallest absolute Gasteiger partial charge is 0.245 e. The molecule has 1 aliphatic heterocycles. The summed E-state index contributed by atoms with van der Waals surface area (Å²) in [6, 6.07) is 6.95. The Labute approximate surface area is 142 Å². The van der Waals surface area contributed by atoms with Crippen LogP contribution >= 0.6 is 0 Å². The van der Waals surface area contributed by atoms with Crippen molar-refractivity contribution < 1.29 is 13.2 Å². The minimum Gasteiger partial charge on any atom is -0.381 e. The molecule has 2 N–H and O–H groups in total. The molecule has 3 rings (SSSR count). The van der Waals surface area contributed by atoms with Crippen LogP contribution in [0.3, 0.4) is 0 Å². The summed E-state index contributed by atoms with van der Waals surface area (Å²) in [6.07, 6.45) is 3.03. The lowest BCUT2D eigenvalue weighted by Gasteiger charge is -2.37. The van der Waals surface area contributed by atoms with Gasteiger partial charge in [-0.25, -0.2) is 8.42 Å². The molecule has 2 atom stereocenters. The molecule has 24 heavy (non-hydrogen) atoms. The maximum Gasteiger partial charge on any atom is 0.245 e. The lowest BCUT2D eigenvalue weighted by Crippen LogP contribution is -2.51. The molecule has 0 spiro atoms. The number of hydrogen-bond donors (Lipinski definition) is 1. The Bertz CT molecular complexity index is 838. The summed E-state index contributed by atoms with van der Waals surface area (Å²) in [5.74, 6) is 0. The van der Waals surface area contributed by atoms with Crippen molar-refractivity contribution in [3.05, 3.63) is 36.0 Å². The summed E-state index contributed by atoms with van der Waals surface area (Å²) in [5, 5.41) is 0.826. The molecule has 1 fully saturated rings. The van der Waals surface area contributed by atoms with Gasteiger partial charge >= 0.3 is 0 Å². The maximum atomic E-state index is 13.2. The highest BCUT2D eigenvalue weighted by atomic mass is 32.2. The van der Waals surface area contributed by atoms with Gasteiger partial charge in [-0.3, -0.25) is 4.98 Å². The number of para-hydroxylation sites is 1. The van der Waals surface area contributed by atoms with Crippen LogP contribution in [0.15, 0.2) is 35.4 Å². The first-order chi connectivity index (χ1) is 11.5. The number of nitrogens with two attached hydrogens (primary N) is 1. The number of fused-ring (bicyclic) bond motifs is 1. The quantitative estimate of drug-likeness (QED) is 0.907. The summed E-state index contributed by atoms with van der Waals surface area (Å²) < 4.78 is 33.4. The van der Waals surface area contributed by atoms with Gasteiger partial charge in [0.25, 0.3) is 0 Å². The average Bonchev–Trinajstić information content (AvgIpc) is 2.60. The minimum absolute atomic E-state index is 0.0540. The lowest BCUT2D eigenvalue weighted by molar-refractivity contribution is 0.0402. The molecule has 0 aliphatic carbocycles. The Morgan fingerprint density at radius 1 is 1.42 bits per heavy atom. The second kappa shape index (κ2) is 6.76. The monoisotopic (exact) mass is 349 g/mol. The molecule has 2 aromatic rings. The molecule has 1 aromatic carbocycles. The Morgan fingerprint density at radius 2 is 2.21 bits per heavy atom. The van der Waals surface area contributed by atoms with Gasteiger partial charge in [0.2, 0.25) is 10.0 Å². The zero-order valence-electron chi connectivity index (χ0n) is 14.0. The highest BCUT2D eigenvalue weighted by molar-refractivity contribution is 7.89. The van der Waals surface area contributed by atoms with Gasteiger partial charge in [-0.2, -0.15) is 4.31 Å². The lowest BCUT2D eigenvalue weighted by atomic mass is 10.0. The third-order valence-electron chi connectivity index (χ3n) is 4.62. The number of pyridine rings is 1. The van der Waals surface area contributed by atoms with Crippen molar-refractivity contribution in [2.24, 2.45) is 5.73 Å². The van der Waals surface area contributed by atoms with Crippen molar-refractivity contribution in [2.75, 3.05) is 20.2 Å². The van der Waals surface area contributed by atoms with E-state index in [-0.39, 0.29) is 23.6 Å². The number of sulfonamides is 1. The predicted molar refractivity (Wildman–Crippen MR) is 93.2 cm³/mol. The summed E-state index contributed by atoms with van der Waals surface area (Å²) >= 11 is 0. The van der Waals surface area contributed by atoms with Crippen LogP contribution in [-0.2, 0) is 14.8 Å². The van der Waals surface area contributed by atoms with Crippen LogP contribution in [0, 0.1) is 6.92 Å². The molecule has 7 heteroatoms. The second-order valence-corrected chi connectivity index (χ2v) is 8.09. The number of ether oxygens (including phenoxy) is 1. The van der Waals surface area contributed by atoms with E-state index < -0.39 is 10.0 Å². The van der Waals surface area contributed by atoms with Gasteiger partial charge < -0.3 is 10.5 Å². The Hall–Kier alpha value is -1.54. The van der Waals surface area contributed by atoms with Gasteiger partial charge in [0.05, 0.1) is 11.6 Å². The van der Waals surface area contributed by atoms with Crippen molar-refractivity contribution in [3.63, 3.8) is 0 Å². The Balaban J connectivity index is 2.05. The zero-order valence-corrected chi connectivity index (χ0v) is 14.8. The largest absolute Gasteiger partial charge is 0.381 e. The summed E-state index contributed by atoms with van der Waals surface area (Å²) in [7, 11) is -2.01. The van der Waals surface area contributed by atoms with E-state index in [0.717, 1.165) is 10.9 Å². The van der Waals surface area contributed by atoms with Crippen molar-refractivity contribution in [2.45, 2.75) is 36.8 Å². The van der Waals surface area contributed by atoms with Gasteiger partial charge in [0, 0.05) is 37.8 Å². The van der Waals surface area contributed by atoms with Crippen LogP contribution in [-0.4, -0.2) is 50.1 Å². The summed E-state index contributed by atoms with van der Waals surface area (Å²) in [4.78, 5) is 4.61. The van der Waals surface area contributed by atoms with E-state index in [1.807, 2.05) is 19.1 Å².